The molecule has 0 saturated carbocycles. The average molecular weight is 386 g/mol. The van der Waals surface area contributed by atoms with Crippen LogP contribution in [0, 0.1) is 0 Å². The summed E-state index contributed by atoms with van der Waals surface area (Å²) in [4.78, 5) is 4.31. The van der Waals surface area contributed by atoms with Gasteiger partial charge in [-0.05, 0) is 35.7 Å². The summed E-state index contributed by atoms with van der Waals surface area (Å²) < 4.78 is 16.1. The number of para-hydroxylation sites is 1. The highest BCUT2D eigenvalue weighted by atomic mass is 16.5. The molecule has 0 aliphatic rings. The van der Waals surface area contributed by atoms with Gasteiger partial charge in [0.25, 0.3) is 0 Å². The first-order chi connectivity index (χ1) is 13.6. The molecule has 0 aliphatic heterocycles. The third-order valence-corrected chi connectivity index (χ3v) is 4.62. The van der Waals surface area contributed by atoms with Gasteiger partial charge in [0.15, 0.2) is 17.5 Å². The second kappa shape index (κ2) is 11.1. The molecule has 0 aliphatic carbocycles. The number of hydrogen-bond donors (Lipinski definition) is 2. The molecule has 0 aromatic heterocycles. The zero-order valence-electron chi connectivity index (χ0n) is 17.4. The van der Waals surface area contributed by atoms with Crippen molar-refractivity contribution >= 4 is 5.96 Å². The van der Waals surface area contributed by atoms with Crippen LogP contribution >= 0.6 is 0 Å². The van der Waals surface area contributed by atoms with Gasteiger partial charge in [-0.3, -0.25) is 4.99 Å². The van der Waals surface area contributed by atoms with E-state index in [1.807, 2.05) is 36.4 Å². The molecule has 6 nitrogen and oxygen atoms in total. The van der Waals surface area contributed by atoms with Crippen molar-refractivity contribution in [1.82, 2.24) is 10.6 Å². The summed E-state index contributed by atoms with van der Waals surface area (Å²) in [5.41, 5.74) is 2.35. The molecule has 0 saturated heterocycles. The van der Waals surface area contributed by atoms with Gasteiger partial charge in [-0.15, -0.1) is 0 Å². The summed E-state index contributed by atoms with van der Waals surface area (Å²) in [6.45, 7) is 3.69. The minimum atomic E-state index is 0.292. The molecule has 2 aromatic carbocycles. The van der Waals surface area contributed by atoms with Gasteiger partial charge in [-0.25, -0.2) is 0 Å². The van der Waals surface area contributed by atoms with Gasteiger partial charge >= 0.3 is 0 Å². The number of methoxy groups -OCH3 is 3. The smallest absolute Gasteiger partial charge is 0.191 e. The molecule has 2 aromatic rings. The molecule has 2 N–H and O–H groups in total. The molecule has 0 fully saturated rings. The summed E-state index contributed by atoms with van der Waals surface area (Å²) in [6, 6.07) is 14.1. The topological polar surface area (TPSA) is 64.1 Å². The van der Waals surface area contributed by atoms with Crippen LogP contribution in [0.3, 0.4) is 0 Å². The van der Waals surface area contributed by atoms with E-state index >= 15 is 0 Å². The van der Waals surface area contributed by atoms with Gasteiger partial charge in [0.2, 0.25) is 0 Å². The van der Waals surface area contributed by atoms with Crippen molar-refractivity contribution in [3.63, 3.8) is 0 Å². The molecular weight excluding hydrogens is 354 g/mol. The van der Waals surface area contributed by atoms with Crippen molar-refractivity contribution < 1.29 is 14.2 Å². The highest BCUT2D eigenvalue weighted by Gasteiger charge is 2.11. The Morgan fingerprint density at radius 3 is 2.32 bits per heavy atom. The van der Waals surface area contributed by atoms with Crippen LogP contribution in [0.15, 0.2) is 47.5 Å². The molecule has 0 heterocycles. The second-order valence-corrected chi connectivity index (χ2v) is 6.46. The zero-order chi connectivity index (χ0) is 20.4. The Kier molecular flexibility index (Phi) is 8.46. The number of ether oxygens (including phenoxy) is 3. The normalized spacial score (nSPS) is 12.2. The SMILES string of the molecule is CN=C(NCCc1ccc(OC)c(OC)c1)NCC(C)c1ccccc1OC. The van der Waals surface area contributed by atoms with Crippen LogP contribution in [-0.4, -0.2) is 47.4 Å². The molecular formula is C22H31N3O3. The van der Waals surface area contributed by atoms with E-state index in [0.717, 1.165) is 42.7 Å². The molecule has 1 atom stereocenters. The third kappa shape index (κ3) is 5.81. The maximum Gasteiger partial charge on any atom is 0.191 e. The van der Waals surface area contributed by atoms with Crippen molar-refractivity contribution in [2.24, 2.45) is 4.99 Å². The number of nitrogens with zero attached hydrogens (tertiary/aromatic N) is 1. The number of rotatable bonds is 9. The molecule has 1 unspecified atom stereocenters. The second-order valence-electron chi connectivity index (χ2n) is 6.46. The molecule has 0 spiro atoms. The molecule has 0 radical (unpaired) electrons. The average Bonchev–Trinajstić information content (AvgIpc) is 2.75. The first-order valence-electron chi connectivity index (χ1n) is 9.41. The van der Waals surface area contributed by atoms with Gasteiger partial charge in [-0.1, -0.05) is 31.2 Å². The summed E-state index contributed by atoms with van der Waals surface area (Å²) in [5.74, 6) is 3.46. The van der Waals surface area contributed by atoms with Gasteiger partial charge in [0.1, 0.15) is 5.75 Å². The number of hydrogen-bond acceptors (Lipinski definition) is 4. The molecule has 152 valence electrons. The fourth-order valence-corrected chi connectivity index (χ4v) is 3.02. The summed E-state index contributed by atoms with van der Waals surface area (Å²) in [7, 11) is 6.77. The highest BCUT2D eigenvalue weighted by Crippen LogP contribution is 2.27. The Bertz CT molecular complexity index is 777. The van der Waals surface area contributed by atoms with Crippen molar-refractivity contribution in [2.75, 3.05) is 41.5 Å². The Morgan fingerprint density at radius 2 is 1.64 bits per heavy atom. The van der Waals surface area contributed by atoms with Crippen molar-refractivity contribution in [1.29, 1.82) is 0 Å². The largest absolute Gasteiger partial charge is 0.496 e. The van der Waals surface area contributed by atoms with E-state index in [-0.39, 0.29) is 0 Å². The minimum Gasteiger partial charge on any atom is -0.496 e. The molecule has 0 amide bonds. The van der Waals surface area contributed by atoms with Crippen LogP contribution in [-0.2, 0) is 6.42 Å². The Hall–Kier alpha value is -2.89. The lowest BCUT2D eigenvalue weighted by Crippen LogP contribution is -2.39. The van der Waals surface area contributed by atoms with E-state index in [9.17, 15) is 0 Å². The molecule has 6 heteroatoms. The fraction of sp³-hybridized carbons (Fsp3) is 0.409. The van der Waals surface area contributed by atoms with E-state index in [0.29, 0.717) is 5.92 Å². The van der Waals surface area contributed by atoms with Gasteiger partial charge in [0, 0.05) is 26.1 Å². The Labute approximate surface area is 167 Å². The van der Waals surface area contributed by atoms with E-state index < -0.39 is 0 Å². The fourth-order valence-electron chi connectivity index (χ4n) is 3.02. The Balaban J connectivity index is 1.85. The predicted molar refractivity (Wildman–Crippen MR) is 114 cm³/mol. The maximum atomic E-state index is 5.46. The predicted octanol–water partition coefficient (Wildman–Crippen LogP) is 3.22. The molecule has 0 bridgehead atoms. The highest BCUT2D eigenvalue weighted by molar-refractivity contribution is 5.79. The van der Waals surface area contributed by atoms with E-state index in [1.165, 1.54) is 11.1 Å². The van der Waals surface area contributed by atoms with Crippen LogP contribution in [0.2, 0.25) is 0 Å². The number of aliphatic imine (C=N–C) groups is 1. The van der Waals surface area contributed by atoms with Gasteiger partial charge < -0.3 is 24.8 Å². The lowest BCUT2D eigenvalue weighted by molar-refractivity contribution is 0.354. The number of nitrogens with one attached hydrogen (secondary N) is 2. The maximum absolute atomic E-state index is 5.46. The lowest BCUT2D eigenvalue weighted by Gasteiger charge is -2.18. The quantitative estimate of drug-likeness (QED) is 0.513. The number of benzene rings is 2. The van der Waals surface area contributed by atoms with Crippen LogP contribution in [0.4, 0.5) is 0 Å². The van der Waals surface area contributed by atoms with Gasteiger partial charge in [0.05, 0.1) is 21.3 Å². The third-order valence-electron chi connectivity index (χ3n) is 4.62. The van der Waals surface area contributed by atoms with E-state index in [1.54, 1.807) is 28.4 Å². The van der Waals surface area contributed by atoms with Crippen LogP contribution in [0.1, 0.15) is 24.0 Å². The summed E-state index contributed by atoms with van der Waals surface area (Å²) in [6.07, 6.45) is 0.850. The van der Waals surface area contributed by atoms with Crippen molar-refractivity contribution in [2.45, 2.75) is 19.3 Å². The lowest BCUT2D eigenvalue weighted by atomic mass is 10.0. The van der Waals surface area contributed by atoms with Crippen LogP contribution in [0.25, 0.3) is 0 Å². The van der Waals surface area contributed by atoms with Crippen molar-refractivity contribution in [3.8, 4) is 17.2 Å². The van der Waals surface area contributed by atoms with E-state index in [2.05, 4.69) is 28.6 Å². The molecule has 2 rings (SSSR count). The minimum absolute atomic E-state index is 0.292. The summed E-state index contributed by atoms with van der Waals surface area (Å²) in [5, 5.41) is 6.74. The van der Waals surface area contributed by atoms with Crippen molar-refractivity contribution in [3.05, 3.63) is 53.6 Å². The molecule has 28 heavy (non-hydrogen) atoms. The number of guanidine groups is 1. The van der Waals surface area contributed by atoms with Gasteiger partial charge in [-0.2, -0.15) is 0 Å². The monoisotopic (exact) mass is 385 g/mol. The van der Waals surface area contributed by atoms with Crippen LogP contribution < -0.4 is 24.8 Å². The Morgan fingerprint density at radius 1 is 0.929 bits per heavy atom. The zero-order valence-corrected chi connectivity index (χ0v) is 17.4. The van der Waals surface area contributed by atoms with E-state index in [4.69, 9.17) is 14.2 Å². The first-order valence-corrected chi connectivity index (χ1v) is 9.41. The standard InChI is InChI=1S/C22H31N3O3/c1-16(18-8-6-7-9-19(18)26-3)15-25-22(23-2)24-13-12-17-10-11-20(27-4)21(14-17)28-5/h6-11,14,16H,12-13,15H2,1-5H3,(H2,23,24,25). The summed E-state index contributed by atoms with van der Waals surface area (Å²) >= 11 is 0. The first kappa shape index (κ1) is 21.4. The van der Waals surface area contributed by atoms with Crippen LogP contribution in [0.5, 0.6) is 17.2 Å².